The molecule has 2 aliphatic rings. The molecule has 0 spiro atoms. The molecule has 138 valence electrons. The molecule has 1 saturated carbocycles. The Labute approximate surface area is 153 Å². The molecule has 2 heterocycles. The van der Waals surface area contributed by atoms with Crippen molar-refractivity contribution in [2.45, 2.75) is 38.4 Å². The van der Waals surface area contributed by atoms with E-state index >= 15 is 0 Å². The third-order valence-corrected chi connectivity index (χ3v) is 5.10. The van der Waals surface area contributed by atoms with Crippen molar-refractivity contribution in [2.75, 3.05) is 26.2 Å². The van der Waals surface area contributed by atoms with Crippen LogP contribution in [-0.4, -0.2) is 64.2 Å². The first-order valence-corrected chi connectivity index (χ1v) is 9.33. The second-order valence-electron chi connectivity index (χ2n) is 7.14. The SMILES string of the molecule is CC(C(=O)NC1CC1)N1CCN(Cc2nnc(-c3ccccc3)o2)CC1. The van der Waals surface area contributed by atoms with E-state index in [1.54, 1.807) is 0 Å². The van der Waals surface area contributed by atoms with Gasteiger partial charge in [0.05, 0.1) is 12.6 Å². The lowest BCUT2D eigenvalue weighted by molar-refractivity contribution is -0.126. The van der Waals surface area contributed by atoms with Crippen LogP contribution in [0.3, 0.4) is 0 Å². The second-order valence-corrected chi connectivity index (χ2v) is 7.14. The summed E-state index contributed by atoms with van der Waals surface area (Å²) >= 11 is 0. The van der Waals surface area contributed by atoms with Crippen molar-refractivity contribution >= 4 is 5.91 Å². The standard InChI is InChI=1S/C19H25N5O2/c1-14(18(25)20-16-7-8-16)24-11-9-23(10-12-24)13-17-21-22-19(26-17)15-5-3-2-4-6-15/h2-6,14,16H,7-13H2,1H3,(H,20,25). The van der Waals surface area contributed by atoms with Crippen LogP contribution in [0.1, 0.15) is 25.7 Å². The third-order valence-electron chi connectivity index (χ3n) is 5.10. The van der Waals surface area contributed by atoms with Crippen molar-refractivity contribution in [1.29, 1.82) is 0 Å². The Bertz CT molecular complexity index is 735. The predicted octanol–water partition coefficient (Wildman–Crippen LogP) is 1.52. The molecule has 1 aromatic heterocycles. The average molecular weight is 355 g/mol. The fourth-order valence-electron chi connectivity index (χ4n) is 3.23. The molecule has 1 aromatic carbocycles. The minimum Gasteiger partial charge on any atom is -0.419 e. The van der Waals surface area contributed by atoms with Gasteiger partial charge in [-0.2, -0.15) is 0 Å². The summed E-state index contributed by atoms with van der Waals surface area (Å²) in [6.07, 6.45) is 2.25. The van der Waals surface area contributed by atoms with Crippen LogP contribution in [0, 0.1) is 0 Å². The van der Waals surface area contributed by atoms with Crippen molar-refractivity contribution in [3.63, 3.8) is 0 Å². The highest BCUT2D eigenvalue weighted by atomic mass is 16.4. The Hall–Kier alpha value is -2.25. The van der Waals surface area contributed by atoms with Gasteiger partial charge in [-0.25, -0.2) is 0 Å². The number of nitrogens with zero attached hydrogens (tertiary/aromatic N) is 4. The molecule has 7 heteroatoms. The molecule has 2 fully saturated rings. The molecule has 1 aliphatic heterocycles. The number of nitrogens with one attached hydrogen (secondary N) is 1. The zero-order valence-corrected chi connectivity index (χ0v) is 15.1. The van der Waals surface area contributed by atoms with Crippen molar-refractivity contribution in [2.24, 2.45) is 0 Å². The van der Waals surface area contributed by atoms with Crippen LogP contribution in [-0.2, 0) is 11.3 Å². The lowest BCUT2D eigenvalue weighted by Gasteiger charge is -2.36. The first kappa shape index (κ1) is 17.2. The fourth-order valence-corrected chi connectivity index (χ4v) is 3.23. The van der Waals surface area contributed by atoms with Crippen molar-refractivity contribution in [3.05, 3.63) is 36.2 Å². The van der Waals surface area contributed by atoms with Gasteiger partial charge in [0.15, 0.2) is 0 Å². The highest BCUT2D eigenvalue weighted by Gasteiger charge is 2.30. The quantitative estimate of drug-likeness (QED) is 0.847. The minimum absolute atomic E-state index is 0.0640. The summed E-state index contributed by atoms with van der Waals surface area (Å²) in [6, 6.07) is 10.2. The maximum absolute atomic E-state index is 12.2. The largest absolute Gasteiger partial charge is 0.419 e. The molecule has 7 nitrogen and oxygen atoms in total. The zero-order valence-electron chi connectivity index (χ0n) is 15.1. The van der Waals surface area contributed by atoms with Gasteiger partial charge in [-0.05, 0) is 31.9 Å². The highest BCUT2D eigenvalue weighted by molar-refractivity contribution is 5.81. The number of hydrogen-bond donors (Lipinski definition) is 1. The Kier molecular flexibility index (Phi) is 4.99. The van der Waals surface area contributed by atoms with Crippen LogP contribution in [0.25, 0.3) is 11.5 Å². The lowest BCUT2D eigenvalue weighted by atomic mass is 10.2. The summed E-state index contributed by atoms with van der Waals surface area (Å²) < 4.78 is 5.79. The zero-order chi connectivity index (χ0) is 17.9. The molecule has 26 heavy (non-hydrogen) atoms. The molecule has 2 aromatic rings. The van der Waals surface area contributed by atoms with Crippen molar-refractivity contribution in [1.82, 2.24) is 25.3 Å². The summed E-state index contributed by atoms with van der Waals surface area (Å²) in [7, 11) is 0. The monoisotopic (exact) mass is 355 g/mol. The fraction of sp³-hybridized carbons (Fsp3) is 0.526. The van der Waals surface area contributed by atoms with Crippen molar-refractivity contribution < 1.29 is 9.21 Å². The normalized spacial score (nSPS) is 20.0. The topological polar surface area (TPSA) is 74.5 Å². The summed E-state index contributed by atoms with van der Waals surface area (Å²) in [4.78, 5) is 16.7. The number of benzene rings is 1. The van der Waals surface area contributed by atoms with Crippen LogP contribution >= 0.6 is 0 Å². The maximum Gasteiger partial charge on any atom is 0.247 e. The van der Waals surface area contributed by atoms with Gasteiger partial charge in [0.25, 0.3) is 0 Å². The minimum atomic E-state index is -0.0640. The van der Waals surface area contributed by atoms with Gasteiger partial charge >= 0.3 is 0 Å². The molecular formula is C19H25N5O2. The van der Waals surface area contributed by atoms with Gasteiger partial charge in [-0.15, -0.1) is 10.2 Å². The third kappa shape index (κ3) is 4.11. The molecule has 1 saturated heterocycles. The van der Waals surface area contributed by atoms with E-state index in [0.717, 1.165) is 44.6 Å². The number of rotatable bonds is 6. The molecule has 0 radical (unpaired) electrons. The van der Waals surface area contributed by atoms with E-state index in [1.807, 2.05) is 37.3 Å². The van der Waals surface area contributed by atoms with Gasteiger partial charge in [0.1, 0.15) is 0 Å². The first-order valence-electron chi connectivity index (χ1n) is 9.33. The highest BCUT2D eigenvalue weighted by Crippen LogP contribution is 2.20. The number of piperazine rings is 1. The summed E-state index contributed by atoms with van der Waals surface area (Å²) in [6.45, 7) is 6.18. The molecule has 1 N–H and O–H groups in total. The van der Waals surface area contributed by atoms with E-state index < -0.39 is 0 Å². The van der Waals surface area contributed by atoms with E-state index in [1.165, 1.54) is 0 Å². The summed E-state index contributed by atoms with van der Waals surface area (Å²) in [5, 5.41) is 11.4. The summed E-state index contributed by atoms with van der Waals surface area (Å²) in [5.74, 6) is 1.35. The van der Waals surface area contributed by atoms with E-state index in [0.29, 0.717) is 24.4 Å². The van der Waals surface area contributed by atoms with Crippen LogP contribution in [0.2, 0.25) is 0 Å². The lowest BCUT2D eigenvalue weighted by Crippen LogP contribution is -2.53. The van der Waals surface area contributed by atoms with Crippen LogP contribution in [0.5, 0.6) is 0 Å². The van der Waals surface area contributed by atoms with Gasteiger partial charge in [0.2, 0.25) is 17.7 Å². The molecular weight excluding hydrogens is 330 g/mol. The van der Waals surface area contributed by atoms with Gasteiger partial charge in [0, 0.05) is 37.8 Å². The number of carbonyl (C=O) groups is 1. The van der Waals surface area contributed by atoms with Gasteiger partial charge < -0.3 is 9.73 Å². The molecule has 4 rings (SSSR count). The summed E-state index contributed by atoms with van der Waals surface area (Å²) in [5.41, 5.74) is 0.937. The number of hydrogen-bond acceptors (Lipinski definition) is 6. The Balaban J connectivity index is 1.27. The molecule has 0 bridgehead atoms. The van der Waals surface area contributed by atoms with Gasteiger partial charge in [-0.3, -0.25) is 14.6 Å². The first-order chi connectivity index (χ1) is 12.7. The van der Waals surface area contributed by atoms with Gasteiger partial charge in [-0.1, -0.05) is 18.2 Å². The predicted molar refractivity (Wildman–Crippen MR) is 97.2 cm³/mol. The number of amides is 1. The average Bonchev–Trinajstić information content (AvgIpc) is 3.37. The van der Waals surface area contributed by atoms with E-state index in [2.05, 4.69) is 25.3 Å². The Morgan fingerprint density at radius 2 is 1.92 bits per heavy atom. The van der Waals surface area contributed by atoms with E-state index in [4.69, 9.17) is 4.42 Å². The maximum atomic E-state index is 12.2. The van der Waals surface area contributed by atoms with Crippen LogP contribution < -0.4 is 5.32 Å². The number of carbonyl (C=O) groups excluding carboxylic acids is 1. The van der Waals surface area contributed by atoms with Crippen LogP contribution in [0.15, 0.2) is 34.7 Å². The Morgan fingerprint density at radius 1 is 1.19 bits per heavy atom. The van der Waals surface area contributed by atoms with Crippen molar-refractivity contribution in [3.8, 4) is 11.5 Å². The van der Waals surface area contributed by atoms with E-state index in [9.17, 15) is 4.79 Å². The molecule has 1 unspecified atom stereocenters. The smallest absolute Gasteiger partial charge is 0.247 e. The van der Waals surface area contributed by atoms with E-state index in [-0.39, 0.29) is 11.9 Å². The molecule has 1 aliphatic carbocycles. The Morgan fingerprint density at radius 3 is 2.62 bits per heavy atom. The molecule has 1 amide bonds. The number of aromatic nitrogens is 2. The molecule has 1 atom stereocenters. The second kappa shape index (κ2) is 7.55. The van der Waals surface area contributed by atoms with Crippen LogP contribution in [0.4, 0.5) is 0 Å².